The number of urea groups is 1. The molecule has 0 bridgehead atoms. The highest BCUT2D eigenvalue weighted by atomic mass is 32.2. The van der Waals surface area contributed by atoms with Gasteiger partial charge < -0.3 is 25.4 Å². The number of aryl methyl sites for hydroxylation is 1. The first-order valence-corrected chi connectivity index (χ1v) is 15.6. The number of hydrogen-bond donors (Lipinski definition) is 4. The number of carbonyl (C=O) groups excluding carboxylic acids is 4. The number of β-lactam (4-membered cyclic amide) rings is 1. The number of methoxy groups -OCH3 is 1. The van der Waals surface area contributed by atoms with Crippen molar-refractivity contribution in [3.8, 4) is 0 Å². The highest BCUT2D eigenvalue weighted by Crippen LogP contribution is 2.50. The molecule has 4 atom stereocenters. The highest BCUT2D eigenvalue weighted by Gasteiger charge is 2.64. The molecule has 0 spiro atoms. The zero-order valence-corrected chi connectivity index (χ0v) is 25.2. The van der Waals surface area contributed by atoms with Crippen molar-refractivity contribution < 1.29 is 33.8 Å². The van der Waals surface area contributed by atoms with Crippen LogP contribution in [0.25, 0.3) is 0 Å². The quantitative estimate of drug-likeness (QED) is 0.272. The van der Waals surface area contributed by atoms with Crippen LogP contribution in [0, 0.1) is 0 Å². The van der Waals surface area contributed by atoms with Gasteiger partial charge in [0, 0.05) is 9.62 Å². The normalized spacial score (nSPS) is 23.3. The number of thiophene rings is 1. The zero-order valence-electron chi connectivity index (χ0n) is 23.6. The molecule has 224 valence electrons. The third kappa shape index (κ3) is 5.59. The fraction of sp³-hybridized carbons (Fsp3) is 0.483. The lowest BCUT2D eigenvalue weighted by Crippen LogP contribution is -2.71. The first-order valence-electron chi connectivity index (χ1n) is 13.9. The molecule has 4 N–H and O–H groups in total. The van der Waals surface area contributed by atoms with Crippen LogP contribution in [0.3, 0.4) is 0 Å². The molecule has 0 saturated carbocycles. The van der Waals surface area contributed by atoms with E-state index in [0.717, 1.165) is 49.0 Å². The predicted molar refractivity (Wildman–Crippen MR) is 159 cm³/mol. The van der Waals surface area contributed by atoms with E-state index in [2.05, 4.69) is 16.0 Å². The Kier molecular flexibility index (Phi) is 8.51. The van der Waals surface area contributed by atoms with Gasteiger partial charge in [0.1, 0.15) is 28.5 Å². The Balaban J connectivity index is 1.35. The van der Waals surface area contributed by atoms with E-state index in [4.69, 9.17) is 4.74 Å². The molecule has 1 aromatic heterocycles. The summed E-state index contributed by atoms with van der Waals surface area (Å²) >= 11 is 2.67. The van der Waals surface area contributed by atoms with Crippen LogP contribution < -0.4 is 16.0 Å². The van der Waals surface area contributed by atoms with E-state index in [1.54, 1.807) is 44.2 Å². The highest BCUT2D eigenvalue weighted by molar-refractivity contribution is 8.01. The van der Waals surface area contributed by atoms with Crippen LogP contribution in [-0.4, -0.2) is 69.1 Å². The van der Waals surface area contributed by atoms with Crippen molar-refractivity contribution in [3.05, 3.63) is 51.9 Å². The summed E-state index contributed by atoms with van der Waals surface area (Å²) in [6, 6.07) is 4.82. The molecule has 5 rings (SSSR count). The first-order chi connectivity index (χ1) is 20.0. The molecule has 2 fully saturated rings. The number of carboxylic acids is 1. The second kappa shape index (κ2) is 12.0. The number of aliphatic carboxylic acids is 1. The first kappa shape index (κ1) is 29.9. The van der Waals surface area contributed by atoms with Gasteiger partial charge in [-0.3, -0.25) is 14.9 Å². The zero-order chi connectivity index (χ0) is 30.2. The van der Waals surface area contributed by atoms with Crippen molar-refractivity contribution in [3.63, 3.8) is 0 Å². The summed E-state index contributed by atoms with van der Waals surface area (Å²) < 4.78 is 4.31. The average Bonchev–Trinajstić information content (AvgIpc) is 3.40. The van der Waals surface area contributed by atoms with Crippen LogP contribution in [0.2, 0.25) is 0 Å². The molecule has 11 nitrogen and oxygen atoms in total. The van der Waals surface area contributed by atoms with Crippen molar-refractivity contribution in [1.29, 1.82) is 0 Å². The monoisotopic (exact) mass is 614 g/mol. The summed E-state index contributed by atoms with van der Waals surface area (Å²) in [4.78, 5) is 66.9. The maximum Gasteiger partial charge on any atom is 0.341 e. The summed E-state index contributed by atoms with van der Waals surface area (Å²) in [5.41, 5.74) is 1.75. The second-order valence-electron chi connectivity index (χ2n) is 11.1. The summed E-state index contributed by atoms with van der Waals surface area (Å²) in [6.45, 7) is 3.52. The number of benzene rings is 1. The molecular formula is C29H34N4O7S2. The summed E-state index contributed by atoms with van der Waals surface area (Å²) in [6.07, 6.45) is 5.65. The molecule has 2 aromatic rings. The van der Waals surface area contributed by atoms with E-state index in [1.165, 1.54) is 35.1 Å². The number of amides is 4. The Labute approximate surface area is 251 Å². The van der Waals surface area contributed by atoms with Gasteiger partial charge in [0.2, 0.25) is 11.8 Å². The largest absolute Gasteiger partial charge is 0.480 e. The minimum Gasteiger partial charge on any atom is -0.480 e. The molecular weight excluding hydrogens is 580 g/mol. The van der Waals surface area contributed by atoms with E-state index in [-0.39, 0.29) is 0 Å². The van der Waals surface area contributed by atoms with E-state index in [9.17, 15) is 29.1 Å². The summed E-state index contributed by atoms with van der Waals surface area (Å²) in [7, 11) is 1.31. The van der Waals surface area contributed by atoms with Crippen molar-refractivity contribution >= 4 is 57.9 Å². The standard InChI is InChI=1S/C29H34N4O7S2/c1-29(2)21(26(36)37)33-24(35)20(25(33)42-29)30-22(34)19(15-11-7-6-8-12-15)31-28(39)32-23-18(27(38)40-3)16-13-9-4-5-10-14-17(16)41-23/h6-8,11-12,19-21,25H,4-5,9-10,13-14H2,1-3H3,(H,30,34)(H,36,37)(H2,31,32,39)/t19-,20-,21+,25-/m1/s1. The second-order valence-corrected chi connectivity index (χ2v) is 14.0. The van der Waals surface area contributed by atoms with Crippen molar-refractivity contribution in [1.82, 2.24) is 15.5 Å². The number of nitrogens with one attached hydrogen (secondary N) is 3. The van der Waals surface area contributed by atoms with Gasteiger partial charge in [0.25, 0.3) is 0 Å². The molecule has 1 aliphatic carbocycles. The Bertz CT molecular complexity index is 1410. The molecule has 0 unspecified atom stereocenters. The van der Waals surface area contributed by atoms with Gasteiger partial charge in [-0.2, -0.15) is 0 Å². The van der Waals surface area contributed by atoms with Crippen LogP contribution in [0.15, 0.2) is 30.3 Å². The van der Waals surface area contributed by atoms with Gasteiger partial charge >= 0.3 is 18.0 Å². The lowest BCUT2D eigenvalue weighted by Gasteiger charge is -2.44. The number of fused-ring (bicyclic) bond motifs is 2. The van der Waals surface area contributed by atoms with Gasteiger partial charge in [0.05, 0.1) is 12.7 Å². The van der Waals surface area contributed by atoms with Crippen LogP contribution in [0.1, 0.15) is 71.9 Å². The maximum atomic E-state index is 13.6. The molecule has 42 heavy (non-hydrogen) atoms. The van der Waals surface area contributed by atoms with Crippen molar-refractivity contribution in [2.24, 2.45) is 0 Å². The lowest BCUT2D eigenvalue weighted by molar-refractivity contribution is -0.161. The number of anilines is 1. The van der Waals surface area contributed by atoms with Crippen molar-refractivity contribution in [2.75, 3.05) is 12.4 Å². The number of thioether (sulfide) groups is 1. The summed E-state index contributed by atoms with van der Waals surface area (Å²) in [5, 5.41) is 17.7. The molecule has 4 amide bonds. The van der Waals surface area contributed by atoms with Crippen LogP contribution in [0.4, 0.5) is 9.80 Å². The van der Waals surface area contributed by atoms with Gasteiger partial charge in [-0.25, -0.2) is 14.4 Å². The Morgan fingerprint density at radius 3 is 2.43 bits per heavy atom. The van der Waals surface area contributed by atoms with E-state index in [1.807, 2.05) is 0 Å². The minimum atomic E-state index is -1.16. The third-order valence-electron chi connectivity index (χ3n) is 7.93. The SMILES string of the molecule is COC(=O)c1c(NC(=O)N[C@@H](C(=O)N[C@@H]2C(=O)N3[C@@H]2SC(C)(C)[C@@H]3C(=O)O)c2ccccc2)sc2c1CCCCCC2. The Morgan fingerprint density at radius 2 is 1.76 bits per heavy atom. The minimum absolute atomic E-state index is 0.351. The fourth-order valence-electron chi connectivity index (χ4n) is 5.92. The molecule has 2 aliphatic heterocycles. The van der Waals surface area contributed by atoms with Crippen LogP contribution >= 0.6 is 23.1 Å². The third-order valence-corrected chi connectivity index (χ3v) is 10.7. The van der Waals surface area contributed by atoms with E-state index < -0.39 is 58.0 Å². The molecule has 3 heterocycles. The van der Waals surface area contributed by atoms with Crippen LogP contribution in [-0.2, 0) is 32.0 Å². The molecule has 3 aliphatic rings. The molecule has 13 heteroatoms. The van der Waals surface area contributed by atoms with Crippen molar-refractivity contribution in [2.45, 2.75) is 80.6 Å². The Hall–Kier alpha value is -3.58. The van der Waals surface area contributed by atoms with E-state index in [0.29, 0.717) is 16.1 Å². The lowest BCUT2D eigenvalue weighted by atomic mass is 9.95. The Morgan fingerprint density at radius 1 is 1.07 bits per heavy atom. The average molecular weight is 615 g/mol. The number of ether oxygens (including phenoxy) is 1. The number of esters is 1. The number of nitrogens with zero attached hydrogens (tertiary/aromatic N) is 1. The molecule has 2 saturated heterocycles. The van der Waals surface area contributed by atoms with Gasteiger partial charge in [0.15, 0.2) is 0 Å². The maximum absolute atomic E-state index is 13.6. The molecule has 0 radical (unpaired) electrons. The van der Waals surface area contributed by atoms with Gasteiger partial charge in [-0.05, 0) is 50.7 Å². The number of hydrogen-bond acceptors (Lipinski definition) is 8. The fourth-order valence-corrected chi connectivity index (χ4v) is 8.82. The van der Waals surface area contributed by atoms with Crippen LogP contribution in [0.5, 0.6) is 0 Å². The summed E-state index contributed by atoms with van der Waals surface area (Å²) in [5.74, 6) is -2.71. The smallest absolute Gasteiger partial charge is 0.341 e. The molecule has 1 aromatic carbocycles. The predicted octanol–water partition coefficient (Wildman–Crippen LogP) is 3.69. The topological polar surface area (TPSA) is 154 Å². The number of carboxylic acid groups (broad SMARTS) is 1. The van der Waals surface area contributed by atoms with E-state index >= 15 is 0 Å². The number of rotatable bonds is 7. The van der Waals surface area contributed by atoms with Gasteiger partial charge in [-0.15, -0.1) is 23.1 Å². The van der Waals surface area contributed by atoms with Gasteiger partial charge in [-0.1, -0.05) is 43.2 Å². The number of carbonyl (C=O) groups is 5.